The summed E-state index contributed by atoms with van der Waals surface area (Å²) in [6, 6.07) is 0.00670. The maximum absolute atomic E-state index is 12.1. The molecule has 0 saturated heterocycles. The number of carbonyl (C=O) groups excluding carboxylic acids is 1. The van der Waals surface area contributed by atoms with Gasteiger partial charge >= 0.3 is 6.03 Å². The minimum Gasteiger partial charge on any atom is -0.337 e. The van der Waals surface area contributed by atoms with Gasteiger partial charge < -0.3 is 5.32 Å². The SMILES string of the molecule is CC[C@H]1CC2C3CC[C@H](CCCNC(=O)NSC4(C)CC4)C3(C)CC[C@@H]2C2(C)CCCCC12. The summed E-state index contributed by atoms with van der Waals surface area (Å²) in [5.74, 6) is 5.81. The third-order valence-corrected chi connectivity index (χ3v) is 13.0. The number of urea groups is 1. The zero-order valence-electron chi connectivity index (χ0n) is 21.9. The molecule has 188 valence electrons. The molecule has 8 atom stereocenters. The summed E-state index contributed by atoms with van der Waals surface area (Å²) in [5, 5.41) is 3.12. The third-order valence-electron chi connectivity index (χ3n) is 11.8. The Bertz CT molecular complexity index is 722. The number of fused-ring (bicyclic) bond motifs is 5. The van der Waals surface area contributed by atoms with Gasteiger partial charge in [0.15, 0.2) is 0 Å². The van der Waals surface area contributed by atoms with Gasteiger partial charge in [-0.1, -0.05) is 40.0 Å². The quantitative estimate of drug-likeness (QED) is 0.290. The van der Waals surface area contributed by atoms with Crippen LogP contribution in [0.4, 0.5) is 4.79 Å². The first-order valence-corrected chi connectivity index (χ1v) is 15.3. The number of hydrogen-bond donors (Lipinski definition) is 2. The van der Waals surface area contributed by atoms with E-state index in [4.69, 9.17) is 0 Å². The van der Waals surface area contributed by atoms with E-state index in [2.05, 4.69) is 37.7 Å². The summed E-state index contributed by atoms with van der Waals surface area (Å²) in [4.78, 5) is 12.1. The molecular formula is C29H50N2OS. The summed E-state index contributed by atoms with van der Waals surface area (Å²) >= 11 is 1.61. The molecule has 0 radical (unpaired) electrons. The lowest BCUT2D eigenvalue weighted by molar-refractivity contribution is -0.135. The van der Waals surface area contributed by atoms with Crippen molar-refractivity contribution in [3.8, 4) is 0 Å². The van der Waals surface area contributed by atoms with Crippen molar-refractivity contribution in [2.45, 2.75) is 122 Å². The molecule has 5 aliphatic rings. The van der Waals surface area contributed by atoms with Crippen molar-refractivity contribution in [3.05, 3.63) is 0 Å². The topological polar surface area (TPSA) is 41.1 Å². The Kier molecular flexibility index (Phi) is 6.82. The highest BCUT2D eigenvalue weighted by Gasteiger charge is 2.60. The Hall–Kier alpha value is -0.380. The lowest BCUT2D eigenvalue weighted by atomic mass is 9.42. The normalized spacial score (nSPS) is 45.5. The molecule has 2 N–H and O–H groups in total. The maximum atomic E-state index is 12.1. The monoisotopic (exact) mass is 474 g/mol. The molecule has 3 nitrogen and oxygen atoms in total. The van der Waals surface area contributed by atoms with Crippen LogP contribution in [0.5, 0.6) is 0 Å². The van der Waals surface area contributed by atoms with Crippen LogP contribution in [0.2, 0.25) is 0 Å². The van der Waals surface area contributed by atoms with E-state index in [9.17, 15) is 4.79 Å². The van der Waals surface area contributed by atoms with E-state index in [1.54, 1.807) is 11.9 Å². The average molecular weight is 475 g/mol. The standard InChI is InChI=1S/C29H50N2OS/c1-5-20-19-22-24-12-11-21(9-8-18-30-26(32)31-33-27(2)16-17-27)28(24,3)15-13-25(22)29(4)14-7-6-10-23(20)29/h20-25H,5-19H2,1-4H3,(H2,30,31,32)/t20-,21-,22?,23?,24?,25-,28?,29?/m0/s1. The highest BCUT2D eigenvalue weighted by atomic mass is 32.2. The summed E-state index contributed by atoms with van der Waals surface area (Å²) in [7, 11) is 0. The van der Waals surface area contributed by atoms with E-state index in [1.165, 1.54) is 83.5 Å². The van der Waals surface area contributed by atoms with Crippen molar-refractivity contribution in [3.63, 3.8) is 0 Å². The second-order valence-corrected chi connectivity index (χ2v) is 14.9. The van der Waals surface area contributed by atoms with Gasteiger partial charge in [0.05, 0.1) is 0 Å². The van der Waals surface area contributed by atoms with Gasteiger partial charge in [-0.3, -0.25) is 4.72 Å². The van der Waals surface area contributed by atoms with E-state index in [0.717, 1.165) is 48.5 Å². The van der Waals surface area contributed by atoms with Gasteiger partial charge in [-0.25, -0.2) is 4.79 Å². The van der Waals surface area contributed by atoms with Gasteiger partial charge in [-0.2, -0.15) is 0 Å². The van der Waals surface area contributed by atoms with Crippen LogP contribution in [0.25, 0.3) is 0 Å². The van der Waals surface area contributed by atoms with Crippen LogP contribution in [0.1, 0.15) is 118 Å². The molecule has 0 bridgehead atoms. The lowest BCUT2D eigenvalue weighted by Gasteiger charge is -2.62. The first kappa shape index (κ1) is 24.3. The molecule has 0 aliphatic heterocycles. The number of nitrogens with one attached hydrogen (secondary N) is 2. The molecular weight excluding hydrogens is 424 g/mol. The second kappa shape index (κ2) is 9.25. The number of hydrogen-bond acceptors (Lipinski definition) is 2. The van der Waals surface area contributed by atoms with Crippen LogP contribution in [0, 0.1) is 46.3 Å². The molecule has 5 aliphatic carbocycles. The first-order valence-electron chi connectivity index (χ1n) is 14.5. The summed E-state index contributed by atoms with van der Waals surface area (Å²) < 4.78 is 3.30. The zero-order chi connectivity index (χ0) is 23.3. The Morgan fingerprint density at radius 1 is 0.909 bits per heavy atom. The molecule has 33 heavy (non-hydrogen) atoms. The second-order valence-electron chi connectivity index (χ2n) is 13.5. The molecule has 0 aromatic heterocycles. The third kappa shape index (κ3) is 4.49. The summed E-state index contributed by atoms with van der Waals surface area (Å²) in [5.41, 5.74) is 1.18. The molecule has 0 heterocycles. The minimum absolute atomic E-state index is 0.00670. The van der Waals surface area contributed by atoms with Gasteiger partial charge in [0, 0.05) is 11.3 Å². The Morgan fingerprint density at radius 2 is 1.70 bits per heavy atom. The van der Waals surface area contributed by atoms with Crippen molar-refractivity contribution in [1.82, 2.24) is 10.0 Å². The molecule has 0 aromatic rings. The maximum Gasteiger partial charge on any atom is 0.324 e. The van der Waals surface area contributed by atoms with Gasteiger partial charge in [-0.05, 0) is 136 Å². The average Bonchev–Trinajstić information content (AvgIpc) is 3.44. The minimum atomic E-state index is 0.00670. The van der Waals surface area contributed by atoms with Crippen molar-refractivity contribution < 1.29 is 4.79 Å². The van der Waals surface area contributed by atoms with Crippen LogP contribution in [0.3, 0.4) is 0 Å². The van der Waals surface area contributed by atoms with Crippen molar-refractivity contribution in [1.29, 1.82) is 0 Å². The van der Waals surface area contributed by atoms with Gasteiger partial charge in [0.2, 0.25) is 0 Å². The summed E-state index contributed by atoms with van der Waals surface area (Å²) in [6.07, 6.45) is 19.7. The Labute approximate surface area is 207 Å². The molecule has 2 amide bonds. The van der Waals surface area contributed by atoms with Crippen molar-refractivity contribution in [2.75, 3.05) is 6.54 Å². The van der Waals surface area contributed by atoms with Crippen LogP contribution in [-0.4, -0.2) is 17.3 Å². The fraction of sp³-hybridized carbons (Fsp3) is 0.966. The number of rotatable bonds is 7. The Morgan fingerprint density at radius 3 is 2.45 bits per heavy atom. The van der Waals surface area contributed by atoms with Crippen LogP contribution < -0.4 is 10.0 Å². The fourth-order valence-electron chi connectivity index (χ4n) is 9.64. The van der Waals surface area contributed by atoms with Gasteiger partial charge in [0.25, 0.3) is 0 Å². The van der Waals surface area contributed by atoms with Gasteiger partial charge in [-0.15, -0.1) is 0 Å². The molecule has 4 heteroatoms. The first-order chi connectivity index (χ1) is 15.8. The lowest BCUT2D eigenvalue weighted by Crippen LogP contribution is -2.55. The fourth-order valence-corrected chi connectivity index (χ4v) is 10.4. The van der Waals surface area contributed by atoms with E-state index < -0.39 is 0 Å². The molecule has 0 spiro atoms. The molecule has 0 aromatic carbocycles. The van der Waals surface area contributed by atoms with Crippen LogP contribution in [0.15, 0.2) is 0 Å². The van der Waals surface area contributed by atoms with E-state index in [1.807, 2.05) is 0 Å². The van der Waals surface area contributed by atoms with Gasteiger partial charge in [0.1, 0.15) is 0 Å². The molecule has 5 unspecified atom stereocenters. The molecule has 5 saturated carbocycles. The summed E-state index contributed by atoms with van der Waals surface area (Å²) in [6.45, 7) is 10.9. The number of amides is 2. The largest absolute Gasteiger partial charge is 0.337 e. The number of carbonyl (C=O) groups is 1. The van der Waals surface area contributed by atoms with Crippen LogP contribution >= 0.6 is 11.9 Å². The zero-order valence-corrected chi connectivity index (χ0v) is 22.7. The van der Waals surface area contributed by atoms with Crippen LogP contribution in [-0.2, 0) is 0 Å². The molecule has 5 rings (SSSR count). The van der Waals surface area contributed by atoms with E-state index >= 15 is 0 Å². The van der Waals surface area contributed by atoms with Crippen molar-refractivity contribution in [2.24, 2.45) is 46.3 Å². The highest BCUT2D eigenvalue weighted by molar-refractivity contribution is 7.99. The highest BCUT2D eigenvalue weighted by Crippen LogP contribution is 2.69. The Balaban J connectivity index is 1.16. The smallest absolute Gasteiger partial charge is 0.324 e. The van der Waals surface area contributed by atoms with Crippen molar-refractivity contribution >= 4 is 18.0 Å². The predicted molar refractivity (Wildman–Crippen MR) is 140 cm³/mol. The molecule has 5 fully saturated rings. The predicted octanol–water partition coefficient (Wildman–Crippen LogP) is 7.95. The van der Waals surface area contributed by atoms with E-state index in [0.29, 0.717) is 15.6 Å². The van der Waals surface area contributed by atoms with E-state index in [-0.39, 0.29) is 6.03 Å².